The van der Waals surface area contributed by atoms with Gasteiger partial charge in [0.1, 0.15) is 11.5 Å². The highest BCUT2D eigenvalue weighted by molar-refractivity contribution is 5.41. The molecule has 2 aromatic rings. The fraction of sp³-hybridized carbons (Fsp3) is 0.400. The molecule has 21 heavy (non-hydrogen) atoms. The van der Waals surface area contributed by atoms with Crippen molar-refractivity contribution in [3.05, 3.63) is 59.7 Å². The van der Waals surface area contributed by atoms with Crippen molar-refractivity contribution in [1.82, 2.24) is 0 Å². The van der Waals surface area contributed by atoms with E-state index in [9.17, 15) is 0 Å². The summed E-state index contributed by atoms with van der Waals surface area (Å²) in [6, 6.07) is 17.7. The van der Waals surface area contributed by atoms with Crippen LogP contribution in [0.4, 0.5) is 0 Å². The number of ether oxygens (including phenoxy) is 1. The van der Waals surface area contributed by atoms with E-state index in [0.29, 0.717) is 0 Å². The molecule has 2 rings (SSSR count). The van der Waals surface area contributed by atoms with Gasteiger partial charge in [-0.2, -0.15) is 0 Å². The van der Waals surface area contributed by atoms with Gasteiger partial charge in [0.25, 0.3) is 0 Å². The van der Waals surface area contributed by atoms with Crippen molar-refractivity contribution in [2.45, 2.75) is 52.4 Å². The Bertz CT molecular complexity index is 566. The highest BCUT2D eigenvalue weighted by Crippen LogP contribution is 2.34. The first kappa shape index (κ1) is 15.6. The Labute approximate surface area is 129 Å². The van der Waals surface area contributed by atoms with Crippen LogP contribution in [0.5, 0.6) is 11.5 Å². The van der Waals surface area contributed by atoms with Gasteiger partial charge in [0.05, 0.1) is 0 Å². The SMILES string of the molecule is CC(C)(C)c1[c]c(C(C)(C)C)cc(Oc2ccccc2)c1. The van der Waals surface area contributed by atoms with Crippen LogP contribution >= 0.6 is 0 Å². The fourth-order valence-corrected chi connectivity index (χ4v) is 2.03. The van der Waals surface area contributed by atoms with Crippen LogP contribution in [0.25, 0.3) is 0 Å². The van der Waals surface area contributed by atoms with Crippen molar-refractivity contribution in [3.63, 3.8) is 0 Å². The van der Waals surface area contributed by atoms with E-state index < -0.39 is 0 Å². The van der Waals surface area contributed by atoms with Crippen molar-refractivity contribution >= 4 is 0 Å². The monoisotopic (exact) mass is 281 g/mol. The molecule has 2 aromatic carbocycles. The van der Waals surface area contributed by atoms with E-state index in [1.807, 2.05) is 30.3 Å². The third kappa shape index (κ3) is 4.10. The van der Waals surface area contributed by atoms with Gasteiger partial charge in [-0.05, 0) is 52.3 Å². The maximum absolute atomic E-state index is 6.03. The van der Waals surface area contributed by atoms with E-state index >= 15 is 0 Å². The Morgan fingerprint density at radius 3 is 1.62 bits per heavy atom. The zero-order valence-electron chi connectivity index (χ0n) is 13.9. The van der Waals surface area contributed by atoms with E-state index in [-0.39, 0.29) is 10.8 Å². The summed E-state index contributed by atoms with van der Waals surface area (Å²) in [6.45, 7) is 13.2. The van der Waals surface area contributed by atoms with Crippen LogP contribution in [0.3, 0.4) is 0 Å². The summed E-state index contributed by atoms with van der Waals surface area (Å²) in [5.41, 5.74) is 2.47. The lowest BCUT2D eigenvalue weighted by Crippen LogP contribution is -2.16. The van der Waals surface area contributed by atoms with E-state index in [2.05, 4.69) is 59.7 Å². The molecule has 1 radical (unpaired) electrons. The predicted molar refractivity (Wildman–Crippen MR) is 89.2 cm³/mol. The Hall–Kier alpha value is -1.76. The van der Waals surface area contributed by atoms with Gasteiger partial charge in [-0.3, -0.25) is 0 Å². The van der Waals surface area contributed by atoms with Crippen LogP contribution in [-0.4, -0.2) is 0 Å². The maximum Gasteiger partial charge on any atom is 0.128 e. The third-order valence-electron chi connectivity index (χ3n) is 3.44. The lowest BCUT2D eigenvalue weighted by molar-refractivity contribution is 0.473. The van der Waals surface area contributed by atoms with Crippen LogP contribution in [0.1, 0.15) is 52.7 Å². The summed E-state index contributed by atoms with van der Waals surface area (Å²) >= 11 is 0. The zero-order chi connectivity index (χ0) is 15.7. The van der Waals surface area contributed by atoms with Crippen molar-refractivity contribution < 1.29 is 4.74 Å². The number of para-hydroxylation sites is 1. The minimum absolute atomic E-state index is 0.0516. The molecule has 0 unspecified atom stereocenters. The smallest absolute Gasteiger partial charge is 0.128 e. The second kappa shape index (κ2) is 5.55. The molecule has 111 valence electrons. The quantitative estimate of drug-likeness (QED) is 0.668. The molecule has 1 heteroatoms. The number of rotatable bonds is 2. The molecule has 0 aliphatic carbocycles. The van der Waals surface area contributed by atoms with Gasteiger partial charge in [-0.25, -0.2) is 0 Å². The Balaban J connectivity index is 2.45. The summed E-state index contributed by atoms with van der Waals surface area (Å²) in [5, 5.41) is 0. The van der Waals surface area contributed by atoms with E-state index in [1.54, 1.807) is 0 Å². The first-order valence-corrected chi connectivity index (χ1v) is 7.47. The number of hydrogen-bond donors (Lipinski definition) is 0. The third-order valence-corrected chi connectivity index (χ3v) is 3.44. The average molecular weight is 281 g/mol. The number of hydrogen-bond acceptors (Lipinski definition) is 1. The molecule has 1 nitrogen and oxygen atoms in total. The normalized spacial score (nSPS) is 12.3. The molecular formula is C20H25O. The molecule has 0 aromatic heterocycles. The van der Waals surface area contributed by atoms with Crippen molar-refractivity contribution in [2.75, 3.05) is 0 Å². The zero-order valence-corrected chi connectivity index (χ0v) is 13.9. The Morgan fingerprint density at radius 2 is 1.19 bits per heavy atom. The minimum atomic E-state index is 0.0516. The van der Waals surface area contributed by atoms with Crippen LogP contribution in [0, 0.1) is 6.07 Å². The van der Waals surface area contributed by atoms with Gasteiger partial charge in [-0.15, -0.1) is 0 Å². The van der Waals surface area contributed by atoms with Crippen molar-refractivity contribution in [2.24, 2.45) is 0 Å². The summed E-state index contributed by atoms with van der Waals surface area (Å²) in [4.78, 5) is 0. The molecule has 0 bridgehead atoms. The molecule has 0 spiro atoms. The van der Waals surface area contributed by atoms with Gasteiger partial charge in [0.15, 0.2) is 0 Å². The summed E-state index contributed by atoms with van der Waals surface area (Å²) in [7, 11) is 0. The average Bonchev–Trinajstić information content (AvgIpc) is 2.37. The second-order valence-electron chi connectivity index (χ2n) is 7.56. The van der Waals surface area contributed by atoms with Crippen LogP contribution in [0.15, 0.2) is 42.5 Å². The van der Waals surface area contributed by atoms with E-state index in [1.165, 1.54) is 11.1 Å². The van der Waals surface area contributed by atoms with Gasteiger partial charge >= 0.3 is 0 Å². The second-order valence-corrected chi connectivity index (χ2v) is 7.56. The lowest BCUT2D eigenvalue weighted by atomic mass is 9.80. The maximum atomic E-state index is 6.03. The molecule has 0 atom stereocenters. The predicted octanol–water partition coefficient (Wildman–Crippen LogP) is 5.87. The summed E-state index contributed by atoms with van der Waals surface area (Å²) < 4.78 is 6.03. The van der Waals surface area contributed by atoms with Crippen LogP contribution in [0.2, 0.25) is 0 Å². The van der Waals surface area contributed by atoms with Gasteiger partial charge in [-0.1, -0.05) is 59.7 Å². The minimum Gasteiger partial charge on any atom is -0.457 e. The highest BCUT2D eigenvalue weighted by Gasteiger charge is 2.21. The molecule has 0 heterocycles. The van der Waals surface area contributed by atoms with Gasteiger partial charge < -0.3 is 4.74 Å². The molecule has 0 saturated carbocycles. The largest absolute Gasteiger partial charge is 0.457 e. The Morgan fingerprint density at radius 1 is 0.714 bits per heavy atom. The summed E-state index contributed by atoms with van der Waals surface area (Å²) in [6.07, 6.45) is 0. The van der Waals surface area contributed by atoms with Crippen molar-refractivity contribution in [1.29, 1.82) is 0 Å². The lowest BCUT2D eigenvalue weighted by Gasteiger charge is -2.25. The molecule has 0 aliphatic rings. The van der Waals surface area contributed by atoms with Crippen molar-refractivity contribution in [3.8, 4) is 11.5 Å². The molecule has 0 aliphatic heterocycles. The van der Waals surface area contributed by atoms with Gasteiger partial charge in [0, 0.05) is 0 Å². The van der Waals surface area contributed by atoms with E-state index in [0.717, 1.165) is 11.5 Å². The Kier molecular flexibility index (Phi) is 4.13. The van der Waals surface area contributed by atoms with Crippen LogP contribution < -0.4 is 4.74 Å². The highest BCUT2D eigenvalue weighted by atomic mass is 16.5. The first-order chi connectivity index (χ1) is 9.66. The topological polar surface area (TPSA) is 9.23 Å². The molecule has 0 N–H and O–H groups in total. The molecular weight excluding hydrogens is 256 g/mol. The standard InChI is InChI=1S/C20H25O/c1-19(2,3)15-12-16(20(4,5)6)14-18(13-15)21-17-10-8-7-9-11-17/h7-11,13-14H,1-6H3. The van der Waals surface area contributed by atoms with Gasteiger partial charge in [0.2, 0.25) is 0 Å². The molecule has 0 saturated heterocycles. The number of benzene rings is 2. The molecule has 0 fully saturated rings. The summed E-state index contributed by atoms with van der Waals surface area (Å²) in [5.74, 6) is 1.75. The molecule has 0 amide bonds. The van der Waals surface area contributed by atoms with Crippen LogP contribution in [-0.2, 0) is 10.8 Å². The first-order valence-electron chi connectivity index (χ1n) is 7.47. The van der Waals surface area contributed by atoms with E-state index in [4.69, 9.17) is 4.74 Å². The fourth-order valence-electron chi connectivity index (χ4n) is 2.03.